The molecule has 2 aromatic rings. The number of nitrogens with one attached hydrogen (secondary N) is 2. The summed E-state index contributed by atoms with van der Waals surface area (Å²) < 4.78 is 1.81. The molecule has 0 radical (unpaired) electrons. The van der Waals surface area contributed by atoms with Crippen LogP contribution >= 0.6 is 0 Å². The average Bonchev–Trinajstić information content (AvgIpc) is 3.06. The van der Waals surface area contributed by atoms with Gasteiger partial charge in [0.15, 0.2) is 0 Å². The quantitative estimate of drug-likeness (QED) is 0.674. The molecule has 1 amide bonds. The summed E-state index contributed by atoms with van der Waals surface area (Å²) in [6, 6.07) is 0. The number of aromatic amines is 1. The molecule has 0 aliphatic carbocycles. The molecule has 0 unspecified atom stereocenters. The van der Waals surface area contributed by atoms with E-state index in [1.165, 1.54) is 0 Å². The molecule has 0 aliphatic heterocycles. The van der Waals surface area contributed by atoms with Gasteiger partial charge in [-0.15, -0.1) is 0 Å². The Bertz CT molecular complexity index is 545. The van der Waals surface area contributed by atoms with E-state index in [9.17, 15) is 4.79 Å². The molecular formula is C13H20N6O. The first kappa shape index (κ1) is 14.3. The minimum absolute atomic E-state index is 0.104. The summed E-state index contributed by atoms with van der Waals surface area (Å²) in [4.78, 5) is 19.2. The fourth-order valence-electron chi connectivity index (χ4n) is 1.96. The molecule has 0 spiro atoms. The molecule has 0 fully saturated rings. The standard InChI is InChI=1S/C13H20N6O/c1-10-11(9-18-19(10)8-2-4-14)13(20)17-5-3-12-15-6-7-16-12/h6-7,9H,2-5,8,14H2,1H3,(H,15,16)(H,17,20). The van der Waals surface area contributed by atoms with Gasteiger partial charge in [0.1, 0.15) is 5.82 Å². The number of hydrogen-bond acceptors (Lipinski definition) is 4. The molecule has 0 bridgehead atoms. The normalized spacial score (nSPS) is 10.7. The third-order valence-electron chi connectivity index (χ3n) is 3.12. The van der Waals surface area contributed by atoms with Crippen LogP contribution < -0.4 is 11.1 Å². The maximum absolute atomic E-state index is 12.1. The van der Waals surface area contributed by atoms with Crippen LogP contribution in [0.4, 0.5) is 0 Å². The summed E-state index contributed by atoms with van der Waals surface area (Å²) in [6.45, 7) is 3.79. The SMILES string of the molecule is Cc1c(C(=O)NCCc2ncc[nH]2)cnn1CCCN. The van der Waals surface area contributed by atoms with Crippen molar-refractivity contribution in [2.75, 3.05) is 13.1 Å². The predicted octanol–water partition coefficient (Wildman–Crippen LogP) is 0.236. The Morgan fingerprint density at radius 2 is 2.40 bits per heavy atom. The number of H-pyrrole nitrogens is 1. The molecule has 2 heterocycles. The fraction of sp³-hybridized carbons (Fsp3) is 0.462. The molecule has 20 heavy (non-hydrogen) atoms. The lowest BCUT2D eigenvalue weighted by Gasteiger charge is -2.05. The van der Waals surface area contributed by atoms with Crippen LogP contribution in [0.15, 0.2) is 18.6 Å². The molecule has 4 N–H and O–H groups in total. The fourth-order valence-corrected chi connectivity index (χ4v) is 1.96. The molecular weight excluding hydrogens is 256 g/mol. The monoisotopic (exact) mass is 276 g/mol. The van der Waals surface area contributed by atoms with E-state index in [1.807, 2.05) is 11.6 Å². The van der Waals surface area contributed by atoms with Crippen LogP contribution in [-0.4, -0.2) is 38.7 Å². The zero-order chi connectivity index (χ0) is 14.4. The molecule has 2 rings (SSSR count). The minimum Gasteiger partial charge on any atom is -0.351 e. The summed E-state index contributed by atoms with van der Waals surface area (Å²) in [5.41, 5.74) is 6.96. The number of amides is 1. The Morgan fingerprint density at radius 3 is 3.10 bits per heavy atom. The van der Waals surface area contributed by atoms with Gasteiger partial charge in [-0.2, -0.15) is 5.10 Å². The maximum Gasteiger partial charge on any atom is 0.254 e. The highest BCUT2D eigenvalue weighted by atomic mass is 16.1. The van der Waals surface area contributed by atoms with Crippen LogP contribution in [0.25, 0.3) is 0 Å². The van der Waals surface area contributed by atoms with Crippen molar-refractivity contribution in [3.05, 3.63) is 35.7 Å². The smallest absolute Gasteiger partial charge is 0.254 e. The van der Waals surface area contributed by atoms with Crippen LogP contribution in [0.1, 0.15) is 28.3 Å². The van der Waals surface area contributed by atoms with Crippen molar-refractivity contribution in [3.63, 3.8) is 0 Å². The average molecular weight is 276 g/mol. The van der Waals surface area contributed by atoms with Crippen LogP contribution in [0.5, 0.6) is 0 Å². The second-order valence-corrected chi connectivity index (χ2v) is 4.55. The van der Waals surface area contributed by atoms with Gasteiger partial charge in [-0.25, -0.2) is 4.98 Å². The van der Waals surface area contributed by atoms with E-state index in [0.717, 1.165) is 24.5 Å². The lowest BCUT2D eigenvalue weighted by Crippen LogP contribution is -2.26. The third kappa shape index (κ3) is 3.45. The molecule has 7 heteroatoms. The van der Waals surface area contributed by atoms with Gasteiger partial charge in [0, 0.05) is 37.6 Å². The molecule has 0 aromatic carbocycles. The Balaban J connectivity index is 1.87. The molecule has 7 nitrogen and oxygen atoms in total. The summed E-state index contributed by atoms with van der Waals surface area (Å²) in [5, 5.41) is 7.08. The van der Waals surface area contributed by atoms with E-state index in [0.29, 0.717) is 25.1 Å². The number of carbonyl (C=O) groups excluding carboxylic acids is 1. The van der Waals surface area contributed by atoms with Gasteiger partial charge in [0.2, 0.25) is 0 Å². The van der Waals surface area contributed by atoms with E-state index >= 15 is 0 Å². The van der Waals surface area contributed by atoms with Gasteiger partial charge in [-0.05, 0) is 19.9 Å². The lowest BCUT2D eigenvalue weighted by molar-refractivity contribution is 0.0953. The first-order valence-electron chi connectivity index (χ1n) is 6.71. The number of aromatic nitrogens is 4. The number of carbonyl (C=O) groups is 1. The number of nitrogens with two attached hydrogens (primary N) is 1. The highest BCUT2D eigenvalue weighted by molar-refractivity contribution is 5.95. The summed E-state index contributed by atoms with van der Waals surface area (Å²) >= 11 is 0. The Labute approximate surface area is 117 Å². The Morgan fingerprint density at radius 1 is 1.55 bits per heavy atom. The summed E-state index contributed by atoms with van der Waals surface area (Å²) in [7, 11) is 0. The van der Waals surface area contributed by atoms with Crippen molar-refractivity contribution < 1.29 is 4.79 Å². The van der Waals surface area contributed by atoms with E-state index in [2.05, 4.69) is 20.4 Å². The number of aryl methyl sites for hydroxylation is 1. The van der Waals surface area contributed by atoms with Crippen molar-refractivity contribution in [3.8, 4) is 0 Å². The molecule has 108 valence electrons. The molecule has 0 atom stereocenters. The lowest BCUT2D eigenvalue weighted by atomic mass is 10.2. The van der Waals surface area contributed by atoms with Gasteiger partial charge in [0.05, 0.1) is 11.8 Å². The summed E-state index contributed by atoms with van der Waals surface area (Å²) in [6.07, 6.45) is 6.60. The van der Waals surface area contributed by atoms with Crippen LogP contribution in [0, 0.1) is 6.92 Å². The van der Waals surface area contributed by atoms with E-state index < -0.39 is 0 Å². The summed E-state index contributed by atoms with van der Waals surface area (Å²) in [5.74, 6) is 0.758. The van der Waals surface area contributed by atoms with Crippen LogP contribution in [0.3, 0.4) is 0 Å². The molecule has 0 aliphatic rings. The van der Waals surface area contributed by atoms with Gasteiger partial charge >= 0.3 is 0 Å². The van der Waals surface area contributed by atoms with Crippen molar-refractivity contribution in [2.24, 2.45) is 5.73 Å². The predicted molar refractivity (Wildman–Crippen MR) is 75.3 cm³/mol. The first-order chi connectivity index (χ1) is 9.72. The zero-order valence-corrected chi connectivity index (χ0v) is 11.6. The van der Waals surface area contributed by atoms with E-state index in [-0.39, 0.29) is 5.91 Å². The highest BCUT2D eigenvalue weighted by Crippen LogP contribution is 2.07. The van der Waals surface area contributed by atoms with Gasteiger partial charge in [-0.3, -0.25) is 9.48 Å². The van der Waals surface area contributed by atoms with E-state index in [1.54, 1.807) is 18.6 Å². The highest BCUT2D eigenvalue weighted by Gasteiger charge is 2.13. The van der Waals surface area contributed by atoms with Crippen LogP contribution in [-0.2, 0) is 13.0 Å². The van der Waals surface area contributed by atoms with Crippen molar-refractivity contribution in [2.45, 2.75) is 26.3 Å². The van der Waals surface area contributed by atoms with Crippen LogP contribution in [0.2, 0.25) is 0 Å². The minimum atomic E-state index is -0.104. The van der Waals surface area contributed by atoms with Gasteiger partial charge in [0.25, 0.3) is 5.91 Å². The Hall–Kier alpha value is -2.15. The Kier molecular flexibility index (Phi) is 4.89. The number of nitrogens with zero attached hydrogens (tertiary/aromatic N) is 3. The topological polar surface area (TPSA) is 102 Å². The second-order valence-electron chi connectivity index (χ2n) is 4.55. The van der Waals surface area contributed by atoms with Crippen molar-refractivity contribution >= 4 is 5.91 Å². The number of rotatable bonds is 7. The largest absolute Gasteiger partial charge is 0.351 e. The molecule has 0 saturated carbocycles. The number of hydrogen-bond donors (Lipinski definition) is 3. The second kappa shape index (κ2) is 6.85. The van der Waals surface area contributed by atoms with Crippen molar-refractivity contribution in [1.29, 1.82) is 0 Å². The maximum atomic E-state index is 12.1. The molecule has 0 saturated heterocycles. The van der Waals surface area contributed by atoms with Crippen molar-refractivity contribution in [1.82, 2.24) is 25.1 Å². The van der Waals surface area contributed by atoms with Gasteiger partial charge in [-0.1, -0.05) is 0 Å². The first-order valence-corrected chi connectivity index (χ1v) is 6.71. The zero-order valence-electron chi connectivity index (χ0n) is 11.6. The number of imidazole rings is 1. The van der Waals surface area contributed by atoms with E-state index in [4.69, 9.17) is 5.73 Å². The third-order valence-corrected chi connectivity index (χ3v) is 3.12. The molecule has 2 aromatic heterocycles. The van der Waals surface area contributed by atoms with Gasteiger partial charge < -0.3 is 16.0 Å².